The number of rotatable bonds is 9. The van der Waals surface area contributed by atoms with Gasteiger partial charge in [-0.25, -0.2) is 4.39 Å². The van der Waals surface area contributed by atoms with Gasteiger partial charge in [-0.2, -0.15) is 11.8 Å². The summed E-state index contributed by atoms with van der Waals surface area (Å²) >= 11 is 7.63. The van der Waals surface area contributed by atoms with Gasteiger partial charge in [-0.05, 0) is 30.2 Å². The molecule has 25 heavy (non-hydrogen) atoms. The summed E-state index contributed by atoms with van der Waals surface area (Å²) in [7, 11) is 0. The maximum atomic E-state index is 13.5. The fraction of sp³-hybridized carbons (Fsp3) is 0.316. The van der Waals surface area contributed by atoms with Gasteiger partial charge in [0.1, 0.15) is 11.6 Å². The van der Waals surface area contributed by atoms with Crippen LogP contribution in [0.5, 0.6) is 5.75 Å². The summed E-state index contributed by atoms with van der Waals surface area (Å²) < 4.78 is 19.2. The molecule has 1 N–H and O–H groups in total. The highest BCUT2D eigenvalue weighted by Crippen LogP contribution is 2.24. The molecule has 0 unspecified atom stereocenters. The SMILES string of the molecule is CC[C@@H](Oc1ccccc1Cl)C(=O)NCCSCc1ccccc1F. The van der Waals surface area contributed by atoms with Gasteiger partial charge in [0.05, 0.1) is 5.02 Å². The van der Waals surface area contributed by atoms with E-state index in [0.717, 1.165) is 0 Å². The van der Waals surface area contributed by atoms with Crippen LogP contribution in [0.1, 0.15) is 18.9 Å². The summed E-state index contributed by atoms with van der Waals surface area (Å²) in [5, 5.41) is 3.33. The molecule has 0 bridgehead atoms. The van der Waals surface area contributed by atoms with Crippen LogP contribution in [0.3, 0.4) is 0 Å². The second kappa shape index (κ2) is 10.3. The molecule has 2 aromatic rings. The highest BCUT2D eigenvalue weighted by atomic mass is 35.5. The minimum absolute atomic E-state index is 0.172. The normalized spacial score (nSPS) is 11.8. The van der Waals surface area contributed by atoms with E-state index in [4.69, 9.17) is 16.3 Å². The third-order valence-corrected chi connectivity index (χ3v) is 4.85. The van der Waals surface area contributed by atoms with E-state index < -0.39 is 6.10 Å². The Kier molecular flexibility index (Phi) is 8.09. The molecular weight excluding hydrogens is 361 g/mol. The van der Waals surface area contributed by atoms with E-state index >= 15 is 0 Å². The van der Waals surface area contributed by atoms with Gasteiger partial charge in [-0.3, -0.25) is 4.79 Å². The molecule has 0 spiro atoms. The van der Waals surface area contributed by atoms with Crippen molar-refractivity contribution in [2.45, 2.75) is 25.2 Å². The van der Waals surface area contributed by atoms with Crippen molar-refractivity contribution in [2.24, 2.45) is 0 Å². The first-order valence-corrected chi connectivity index (χ1v) is 9.65. The number of halogens is 2. The first kappa shape index (κ1) is 19.6. The van der Waals surface area contributed by atoms with Crippen LogP contribution in [-0.4, -0.2) is 24.3 Å². The largest absolute Gasteiger partial charge is 0.479 e. The number of carbonyl (C=O) groups is 1. The third-order valence-electron chi connectivity index (χ3n) is 3.53. The Morgan fingerprint density at radius 1 is 1.24 bits per heavy atom. The molecule has 0 aliphatic carbocycles. The summed E-state index contributed by atoms with van der Waals surface area (Å²) in [6.07, 6.45) is -0.0455. The van der Waals surface area contributed by atoms with Crippen molar-refractivity contribution < 1.29 is 13.9 Å². The predicted octanol–water partition coefficient (Wildman–Crippen LogP) is 4.69. The predicted molar refractivity (Wildman–Crippen MR) is 102 cm³/mol. The Balaban J connectivity index is 1.73. The standard InChI is InChI=1S/C19H21ClFNO2S/c1-2-17(24-18-10-6-4-8-15(18)20)19(23)22-11-12-25-13-14-7-3-5-9-16(14)21/h3-10,17H,2,11-13H2,1H3,(H,22,23)/t17-/m1/s1. The van der Waals surface area contributed by atoms with Crippen molar-refractivity contribution in [1.29, 1.82) is 0 Å². The fourth-order valence-electron chi connectivity index (χ4n) is 2.17. The average Bonchev–Trinajstić information content (AvgIpc) is 2.62. The number of nitrogens with one attached hydrogen (secondary N) is 1. The van der Waals surface area contributed by atoms with Gasteiger partial charge in [0, 0.05) is 18.1 Å². The van der Waals surface area contributed by atoms with Gasteiger partial charge in [-0.15, -0.1) is 0 Å². The monoisotopic (exact) mass is 381 g/mol. The van der Waals surface area contributed by atoms with Crippen molar-refractivity contribution in [3.05, 3.63) is 64.9 Å². The maximum Gasteiger partial charge on any atom is 0.261 e. The van der Waals surface area contributed by atoms with E-state index in [-0.39, 0.29) is 11.7 Å². The first-order valence-electron chi connectivity index (χ1n) is 8.12. The lowest BCUT2D eigenvalue weighted by atomic mass is 10.2. The second-order valence-electron chi connectivity index (χ2n) is 5.38. The van der Waals surface area contributed by atoms with Crippen LogP contribution in [0.15, 0.2) is 48.5 Å². The lowest BCUT2D eigenvalue weighted by Crippen LogP contribution is -2.39. The molecule has 2 aromatic carbocycles. The van der Waals surface area contributed by atoms with E-state index in [0.29, 0.717) is 40.8 Å². The number of ether oxygens (including phenoxy) is 1. The van der Waals surface area contributed by atoms with Gasteiger partial charge in [0.15, 0.2) is 6.10 Å². The number of benzene rings is 2. The molecule has 0 aliphatic rings. The lowest BCUT2D eigenvalue weighted by Gasteiger charge is -2.18. The molecule has 0 saturated carbocycles. The average molecular weight is 382 g/mol. The third kappa shape index (κ3) is 6.25. The van der Waals surface area contributed by atoms with Crippen LogP contribution in [-0.2, 0) is 10.5 Å². The number of para-hydroxylation sites is 1. The van der Waals surface area contributed by atoms with Crippen LogP contribution in [0, 0.1) is 5.82 Å². The molecule has 2 rings (SSSR count). The van der Waals surface area contributed by atoms with Crippen molar-refractivity contribution in [3.8, 4) is 5.75 Å². The molecule has 1 amide bonds. The van der Waals surface area contributed by atoms with Crippen LogP contribution < -0.4 is 10.1 Å². The van der Waals surface area contributed by atoms with Crippen LogP contribution in [0.4, 0.5) is 4.39 Å². The van der Waals surface area contributed by atoms with Crippen LogP contribution in [0.2, 0.25) is 5.02 Å². The van der Waals surface area contributed by atoms with E-state index in [1.54, 1.807) is 36.0 Å². The quantitative estimate of drug-likeness (QED) is 0.640. The van der Waals surface area contributed by atoms with Crippen LogP contribution in [0.25, 0.3) is 0 Å². The number of thioether (sulfide) groups is 1. The van der Waals surface area contributed by atoms with Crippen molar-refractivity contribution in [3.63, 3.8) is 0 Å². The number of hydrogen-bond donors (Lipinski definition) is 1. The number of carbonyl (C=O) groups excluding carboxylic acids is 1. The first-order chi connectivity index (χ1) is 12.1. The second-order valence-corrected chi connectivity index (χ2v) is 6.89. The minimum Gasteiger partial charge on any atom is -0.479 e. The zero-order valence-electron chi connectivity index (χ0n) is 14.0. The summed E-state index contributed by atoms with van der Waals surface area (Å²) in [5.41, 5.74) is 0.673. The van der Waals surface area contributed by atoms with E-state index in [1.165, 1.54) is 6.07 Å². The Morgan fingerprint density at radius 3 is 2.68 bits per heavy atom. The summed E-state index contributed by atoms with van der Waals surface area (Å²) in [5.74, 6) is 1.41. The Hall–Kier alpha value is -1.72. The molecule has 0 saturated heterocycles. The molecule has 1 atom stereocenters. The molecular formula is C19H21ClFNO2S. The molecule has 134 valence electrons. The molecule has 6 heteroatoms. The Bertz CT molecular complexity index is 699. The summed E-state index contributed by atoms with van der Waals surface area (Å²) in [4.78, 5) is 12.2. The van der Waals surface area contributed by atoms with Crippen molar-refractivity contribution in [1.82, 2.24) is 5.32 Å². The van der Waals surface area contributed by atoms with E-state index in [1.807, 2.05) is 25.1 Å². The summed E-state index contributed by atoms with van der Waals surface area (Å²) in [6.45, 7) is 2.38. The van der Waals surface area contributed by atoms with Gasteiger partial charge in [-0.1, -0.05) is 48.9 Å². The Morgan fingerprint density at radius 2 is 1.96 bits per heavy atom. The smallest absolute Gasteiger partial charge is 0.261 e. The zero-order valence-corrected chi connectivity index (χ0v) is 15.6. The van der Waals surface area contributed by atoms with Crippen LogP contribution >= 0.6 is 23.4 Å². The molecule has 3 nitrogen and oxygen atoms in total. The number of hydrogen-bond acceptors (Lipinski definition) is 3. The topological polar surface area (TPSA) is 38.3 Å². The van der Waals surface area contributed by atoms with E-state index in [2.05, 4.69) is 5.32 Å². The summed E-state index contributed by atoms with van der Waals surface area (Å²) in [6, 6.07) is 13.8. The lowest BCUT2D eigenvalue weighted by molar-refractivity contribution is -0.127. The number of amides is 1. The molecule has 0 radical (unpaired) electrons. The maximum absolute atomic E-state index is 13.5. The van der Waals surface area contributed by atoms with Gasteiger partial charge >= 0.3 is 0 Å². The van der Waals surface area contributed by atoms with Gasteiger partial charge < -0.3 is 10.1 Å². The molecule has 0 heterocycles. The van der Waals surface area contributed by atoms with E-state index in [9.17, 15) is 9.18 Å². The minimum atomic E-state index is -0.587. The fourth-order valence-corrected chi connectivity index (χ4v) is 3.20. The van der Waals surface area contributed by atoms with Gasteiger partial charge in [0.2, 0.25) is 0 Å². The highest BCUT2D eigenvalue weighted by molar-refractivity contribution is 7.98. The molecule has 0 aromatic heterocycles. The van der Waals surface area contributed by atoms with Crippen molar-refractivity contribution >= 4 is 29.3 Å². The Labute approximate surface area is 156 Å². The molecule has 0 aliphatic heterocycles. The van der Waals surface area contributed by atoms with Gasteiger partial charge in [0.25, 0.3) is 5.91 Å². The molecule has 0 fully saturated rings. The highest BCUT2D eigenvalue weighted by Gasteiger charge is 2.18. The zero-order chi connectivity index (χ0) is 18.1. The van der Waals surface area contributed by atoms with Crippen molar-refractivity contribution in [2.75, 3.05) is 12.3 Å².